The molecule has 10 nitrogen and oxygen atoms in total. The highest BCUT2D eigenvalue weighted by atomic mass is 127. The van der Waals surface area contributed by atoms with E-state index < -0.39 is 34.1 Å². The first-order valence-electron chi connectivity index (χ1n) is 12.3. The van der Waals surface area contributed by atoms with Crippen molar-refractivity contribution in [2.75, 3.05) is 10.9 Å². The van der Waals surface area contributed by atoms with Crippen LogP contribution in [0.1, 0.15) is 37.8 Å². The molecular weight excluding hydrogens is 752 g/mol. The second kappa shape index (κ2) is 10.3. The highest BCUT2D eigenvalue weighted by Gasteiger charge is 2.30. The SMILES string of the molecule is O=c1cc(NNc2cc(=O)n(C3CC3)c(=O)n2-c2ccc(I)cc2F)n(-c2ccc(I)cc2F)c(=O)n1C1CC1. The van der Waals surface area contributed by atoms with E-state index in [9.17, 15) is 19.2 Å². The summed E-state index contributed by atoms with van der Waals surface area (Å²) in [5.74, 6) is -1.66. The lowest BCUT2D eigenvalue weighted by molar-refractivity contribution is 0.592. The van der Waals surface area contributed by atoms with Gasteiger partial charge in [-0.15, -0.1) is 0 Å². The Morgan fingerprint density at radius 3 is 1.32 bits per heavy atom. The van der Waals surface area contributed by atoms with Crippen LogP contribution in [0.4, 0.5) is 20.4 Å². The van der Waals surface area contributed by atoms with Gasteiger partial charge in [-0.1, -0.05) is 0 Å². The van der Waals surface area contributed by atoms with E-state index in [1.165, 1.54) is 24.3 Å². The lowest BCUT2D eigenvalue weighted by Crippen LogP contribution is -2.42. The normalized spacial score (nSPS) is 14.8. The summed E-state index contributed by atoms with van der Waals surface area (Å²) in [5, 5.41) is 0. The summed E-state index contributed by atoms with van der Waals surface area (Å²) < 4.78 is 35.5. The largest absolute Gasteiger partial charge is 0.337 e. The molecule has 0 spiro atoms. The topological polar surface area (TPSA) is 112 Å². The average Bonchev–Trinajstić information content (AvgIpc) is 3.80. The fraction of sp³-hybridized carbons (Fsp3) is 0.231. The Hall–Kier alpha value is -3.28. The van der Waals surface area contributed by atoms with Gasteiger partial charge in [0.15, 0.2) is 0 Å². The summed E-state index contributed by atoms with van der Waals surface area (Å²) in [7, 11) is 0. The van der Waals surface area contributed by atoms with Crippen molar-refractivity contribution in [1.29, 1.82) is 0 Å². The van der Waals surface area contributed by atoms with Crippen LogP contribution in [0.3, 0.4) is 0 Å². The van der Waals surface area contributed by atoms with Crippen LogP contribution >= 0.6 is 45.2 Å². The van der Waals surface area contributed by atoms with Gasteiger partial charge in [0.05, 0.1) is 11.4 Å². The Labute approximate surface area is 251 Å². The minimum absolute atomic E-state index is 0.102. The lowest BCUT2D eigenvalue weighted by Gasteiger charge is -2.20. The number of hydrogen-bond donors (Lipinski definition) is 2. The zero-order valence-electron chi connectivity index (χ0n) is 20.5. The third-order valence-corrected chi connectivity index (χ3v) is 8.06. The van der Waals surface area contributed by atoms with E-state index in [1.54, 1.807) is 12.1 Å². The van der Waals surface area contributed by atoms with E-state index in [4.69, 9.17) is 0 Å². The number of aromatic nitrogens is 4. The molecule has 6 rings (SSSR count). The predicted molar refractivity (Wildman–Crippen MR) is 162 cm³/mol. The first kappa shape index (κ1) is 26.9. The highest BCUT2D eigenvalue weighted by Crippen LogP contribution is 2.33. The molecule has 2 aliphatic carbocycles. The van der Waals surface area contributed by atoms with Crippen molar-refractivity contribution in [3.8, 4) is 11.4 Å². The van der Waals surface area contributed by atoms with Crippen molar-refractivity contribution in [3.05, 3.63) is 109 Å². The fourth-order valence-electron chi connectivity index (χ4n) is 4.55. The molecule has 2 heterocycles. The average molecular weight is 772 g/mol. The van der Waals surface area contributed by atoms with Crippen LogP contribution in [0.15, 0.2) is 67.7 Å². The van der Waals surface area contributed by atoms with Crippen LogP contribution in [-0.4, -0.2) is 18.3 Å². The van der Waals surface area contributed by atoms with Crippen LogP contribution in [0, 0.1) is 18.8 Å². The number of hydrogen-bond acceptors (Lipinski definition) is 6. The van der Waals surface area contributed by atoms with Crippen molar-refractivity contribution in [2.45, 2.75) is 37.8 Å². The third-order valence-electron chi connectivity index (χ3n) is 6.72. The van der Waals surface area contributed by atoms with Crippen LogP contribution in [0.25, 0.3) is 11.4 Å². The molecule has 0 aliphatic heterocycles. The fourth-order valence-corrected chi connectivity index (χ4v) is 5.46. The molecule has 2 aromatic carbocycles. The molecule has 2 aromatic heterocycles. The van der Waals surface area contributed by atoms with Crippen LogP contribution in [-0.2, 0) is 0 Å². The Morgan fingerprint density at radius 2 is 1.00 bits per heavy atom. The molecule has 2 aliphatic rings. The maximum absolute atomic E-state index is 15.1. The number of anilines is 2. The Morgan fingerprint density at radius 1 is 0.625 bits per heavy atom. The molecule has 40 heavy (non-hydrogen) atoms. The van der Waals surface area contributed by atoms with Gasteiger partial charge in [-0.3, -0.25) is 29.6 Å². The summed E-state index contributed by atoms with van der Waals surface area (Å²) in [6, 6.07) is 10.3. The molecule has 2 N–H and O–H groups in total. The van der Waals surface area contributed by atoms with Crippen molar-refractivity contribution in [2.24, 2.45) is 0 Å². The van der Waals surface area contributed by atoms with Gasteiger partial charge in [0.1, 0.15) is 23.3 Å². The molecule has 14 heteroatoms. The molecule has 206 valence electrons. The summed E-state index contributed by atoms with van der Waals surface area (Å²) in [6.45, 7) is 0. The zero-order chi connectivity index (χ0) is 28.3. The molecule has 0 radical (unpaired) electrons. The standard InChI is InChI=1S/C26H20F2I2N6O4/c27-17-9-13(29)1-7-19(17)35-21(11-23(37)33(25(35)39)15-3-4-15)31-32-22-12-24(38)34(16-5-6-16)26(40)36(22)20-8-2-14(30)10-18(20)28/h1-2,7-12,15-16,31-32H,3-6H2. The first-order valence-corrected chi connectivity index (χ1v) is 14.5. The second-order valence-electron chi connectivity index (χ2n) is 9.62. The third kappa shape index (κ3) is 4.90. The van der Waals surface area contributed by atoms with E-state index in [-0.39, 0.29) is 35.1 Å². The Kier molecular flexibility index (Phi) is 6.92. The van der Waals surface area contributed by atoms with Gasteiger partial charge in [-0.05, 0) is 107 Å². The maximum atomic E-state index is 15.1. The van der Waals surface area contributed by atoms with Gasteiger partial charge >= 0.3 is 11.4 Å². The summed E-state index contributed by atoms with van der Waals surface area (Å²) >= 11 is 3.88. The summed E-state index contributed by atoms with van der Waals surface area (Å²) in [5.41, 5.74) is 2.51. The van der Waals surface area contributed by atoms with Gasteiger partial charge in [0.2, 0.25) is 0 Å². The molecule has 0 amide bonds. The number of halogens is 4. The van der Waals surface area contributed by atoms with Gasteiger partial charge < -0.3 is 0 Å². The van der Waals surface area contributed by atoms with Crippen LogP contribution in [0.2, 0.25) is 0 Å². The van der Waals surface area contributed by atoms with Gasteiger partial charge in [0, 0.05) is 31.4 Å². The van der Waals surface area contributed by atoms with E-state index in [0.717, 1.165) is 30.4 Å². The highest BCUT2D eigenvalue weighted by molar-refractivity contribution is 14.1. The summed E-state index contributed by atoms with van der Waals surface area (Å²) in [6.07, 6.45) is 2.61. The van der Waals surface area contributed by atoms with Crippen molar-refractivity contribution < 1.29 is 8.78 Å². The molecule has 2 fully saturated rings. The number of benzene rings is 2. The van der Waals surface area contributed by atoms with Crippen molar-refractivity contribution >= 4 is 56.8 Å². The van der Waals surface area contributed by atoms with Gasteiger partial charge in [0.25, 0.3) is 11.1 Å². The van der Waals surface area contributed by atoms with Crippen molar-refractivity contribution in [3.63, 3.8) is 0 Å². The number of hydrazine groups is 1. The maximum Gasteiger partial charge on any atom is 0.337 e. The molecule has 0 atom stereocenters. The minimum Gasteiger partial charge on any atom is -0.284 e. The molecule has 0 unspecified atom stereocenters. The molecular formula is C26H20F2I2N6O4. The quantitative estimate of drug-likeness (QED) is 0.218. The second-order valence-corrected chi connectivity index (χ2v) is 12.1. The smallest absolute Gasteiger partial charge is 0.284 e. The van der Waals surface area contributed by atoms with E-state index in [2.05, 4.69) is 10.9 Å². The number of rotatable bonds is 7. The lowest BCUT2D eigenvalue weighted by atomic mass is 10.3. The molecule has 0 saturated heterocycles. The number of nitrogens with zero attached hydrogens (tertiary/aromatic N) is 4. The Bertz CT molecular complexity index is 1790. The van der Waals surface area contributed by atoms with E-state index in [0.29, 0.717) is 32.8 Å². The van der Waals surface area contributed by atoms with E-state index >= 15 is 8.78 Å². The summed E-state index contributed by atoms with van der Waals surface area (Å²) in [4.78, 5) is 52.8. The van der Waals surface area contributed by atoms with Crippen LogP contribution in [0.5, 0.6) is 0 Å². The first-order chi connectivity index (χ1) is 19.1. The molecule has 2 saturated carbocycles. The van der Waals surface area contributed by atoms with Crippen LogP contribution < -0.4 is 33.3 Å². The van der Waals surface area contributed by atoms with Gasteiger partial charge in [-0.2, -0.15) is 0 Å². The monoisotopic (exact) mass is 772 g/mol. The number of nitrogens with one attached hydrogen (secondary N) is 2. The van der Waals surface area contributed by atoms with Gasteiger partial charge in [-0.25, -0.2) is 27.5 Å². The zero-order valence-corrected chi connectivity index (χ0v) is 24.9. The molecule has 4 aromatic rings. The van der Waals surface area contributed by atoms with E-state index in [1.807, 2.05) is 45.2 Å². The predicted octanol–water partition coefficient (Wildman–Crippen LogP) is 3.91. The Balaban J connectivity index is 1.50. The molecule has 0 bridgehead atoms. The van der Waals surface area contributed by atoms with Crippen molar-refractivity contribution in [1.82, 2.24) is 18.3 Å². The minimum atomic E-state index is -0.746.